The van der Waals surface area contributed by atoms with Gasteiger partial charge in [0.05, 0.1) is 8.95 Å². The Hall–Kier alpha value is -2.84. The van der Waals surface area contributed by atoms with Crippen LogP contribution < -0.4 is 10.1 Å². The molecule has 0 saturated carbocycles. The molecule has 0 saturated heterocycles. The third kappa shape index (κ3) is 5.49. The molecule has 0 aliphatic rings. The number of amides is 1. The summed E-state index contributed by atoms with van der Waals surface area (Å²) in [5, 5.41) is 22.1. The second-order valence-electron chi connectivity index (χ2n) is 7.40. The molecular formula is C24H21Br2NO5. The molecule has 3 rings (SSSR count). The number of carbonyl (C=O) groups is 2. The number of benzene rings is 3. The van der Waals surface area contributed by atoms with Gasteiger partial charge in [0.25, 0.3) is 5.91 Å². The minimum absolute atomic E-state index is 0.114. The number of carbonyl (C=O) groups excluding carboxylic acids is 1. The topological polar surface area (TPSA) is 95.9 Å². The van der Waals surface area contributed by atoms with Crippen LogP contribution in [0.1, 0.15) is 47.3 Å². The highest BCUT2D eigenvalue weighted by atomic mass is 79.9. The lowest BCUT2D eigenvalue weighted by atomic mass is 10.0. The average molecular weight is 563 g/mol. The van der Waals surface area contributed by atoms with Crippen LogP contribution in [0.2, 0.25) is 0 Å². The third-order valence-electron chi connectivity index (χ3n) is 4.76. The first-order valence-corrected chi connectivity index (χ1v) is 11.3. The van der Waals surface area contributed by atoms with Gasteiger partial charge in [0, 0.05) is 11.1 Å². The molecule has 0 aliphatic carbocycles. The summed E-state index contributed by atoms with van der Waals surface area (Å²) in [6, 6.07) is 15.4. The summed E-state index contributed by atoms with van der Waals surface area (Å²) in [4.78, 5) is 24.5. The zero-order valence-electron chi connectivity index (χ0n) is 17.3. The first-order chi connectivity index (χ1) is 15.2. The van der Waals surface area contributed by atoms with E-state index in [1.54, 1.807) is 60.7 Å². The van der Waals surface area contributed by atoms with E-state index in [2.05, 4.69) is 37.2 Å². The van der Waals surface area contributed by atoms with Crippen LogP contribution in [0.5, 0.6) is 17.2 Å². The molecule has 3 aromatic rings. The van der Waals surface area contributed by atoms with Crippen molar-refractivity contribution in [2.75, 3.05) is 0 Å². The van der Waals surface area contributed by atoms with Crippen LogP contribution in [-0.4, -0.2) is 22.1 Å². The van der Waals surface area contributed by atoms with Gasteiger partial charge in [-0.1, -0.05) is 44.2 Å². The Morgan fingerprint density at radius 2 is 1.59 bits per heavy atom. The fraction of sp³-hybridized carbons (Fsp3) is 0.167. The summed E-state index contributed by atoms with van der Waals surface area (Å²) < 4.78 is 6.98. The van der Waals surface area contributed by atoms with E-state index in [1.165, 1.54) is 0 Å². The minimum Gasteiger partial charge on any atom is -0.508 e. The lowest BCUT2D eigenvalue weighted by molar-refractivity contribution is -0.139. The molecule has 6 nitrogen and oxygen atoms in total. The molecule has 0 fully saturated rings. The normalized spacial score (nSPS) is 11.8. The number of phenolic OH excluding ortho intramolecular Hbond substituents is 1. The Morgan fingerprint density at radius 3 is 2.16 bits per heavy atom. The fourth-order valence-corrected chi connectivity index (χ4v) is 4.46. The zero-order chi connectivity index (χ0) is 23.4. The molecule has 0 bridgehead atoms. The predicted molar refractivity (Wildman–Crippen MR) is 128 cm³/mol. The summed E-state index contributed by atoms with van der Waals surface area (Å²) in [6.45, 7) is 3.94. The molecule has 0 aliphatic heterocycles. The number of aliphatic carboxylic acids is 1. The first-order valence-electron chi connectivity index (χ1n) is 9.75. The predicted octanol–water partition coefficient (Wildman–Crippen LogP) is 6.39. The van der Waals surface area contributed by atoms with Gasteiger partial charge in [0.1, 0.15) is 11.5 Å². The Morgan fingerprint density at radius 1 is 0.969 bits per heavy atom. The van der Waals surface area contributed by atoms with E-state index >= 15 is 0 Å². The molecule has 0 spiro atoms. The average Bonchev–Trinajstić information content (AvgIpc) is 2.75. The highest BCUT2D eigenvalue weighted by Gasteiger charge is 2.23. The molecule has 0 aromatic heterocycles. The van der Waals surface area contributed by atoms with Crippen molar-refractivity contribution in [1.82, 2.24) is 5.32 Å². The maximum absolute atomic E-state index is 12.8. The van der Waals surface area contributed by atoms with Crippen LogP contribution in [0.4, 0.5) is 0 Å². The van der Waals surface area contributed by atoms with Crippen molar-refractivity contribution < 1.29 is 24.5 Å². The Balaban J connectivity index is 1.84. The summed E-state index contributed by atoms with van der Waals surface area (Å²) in [5.41, 5.74) is 1.48. The molecule has 1 amide bonds. The van der Waals surface area contributed by atoms with Crippen molar-refractivity contribution in [2.45, 2.75) is 25.8 Å². The molecular weight excluding hydrogens is 542 g/mol. The van der Waals surface area contributed by atoms with Gasteiger partial charge in [0.2, 0.25) is 0 Å². The summed E-state index contributed by atoms with van der Waals surface area (Å²) >= 11 is 6.85. The summed E-state index contributed by atoms with van der Waals surface area (Å²) in [6.07, 6.45) is 0. The van der Waals surface area contributed by atoms with Gasteiger partial charge in [-0.2, -0.15) is 0 Å². The molecule has 32 heavy (non-hydrogen) atoms. The number of hydrogen-bond donors (Lipinski definition) is 3. The highest BCUT2D eigenvalue weighted by Crippen LogP contribution is 2.39. The monoisotopic (exact) mass is 561 g/mol. The largest absolute Gasteiger partial charge is 0.508 e. The van der Waals surface area contributed by atoms with Gasteiger partial charge in [-0.15, -0.1) is 0 Å². The van der Waals surface area contributed by atoms with E-state index in [9.17, 15) is 19.8 Å². The van der Waals surface area contributed by atoms with Crippen LogP contribution in [-0.2, 0) is 4.79 Å². The number of rotatable bonds is 7. The van der Waals surface area contributed by atoms with E-state index in [-0.39, 0.29) is 17.2 Å². The van der Waals surface area contributed by atoms with Gasteiger partial charge < -0.3 is 20.3 Å². The molecule has 0 unspecified atom stereocenters. The molecule has 8 heteroatoms. The number of nitrogens with one attached hydrogen (secondary N) is 1. The standard InChI is InChI=1S/C24H21Br2NO5/c1-13(2)17-12-16(8-9-20(17)28)32-22-18(25)10-15(11-19(22)26)23(29)27-21(24(30)31)14-6-4-3-5-7-14/h3-13,21,28H,1-2H3,(H,27,29)(H,30,31)/t21-/m1/s1. The maximum Gasteiger partial charge on any atom is 0.330 e. The Kier molecular flexibility index (Phi) is 7.58. The molecule has 3 N–H and O–H groups in total. The quantitative estimate of drug-likeness (QED) is 0.310. The highest BCUT2D eigenvalue weighted by molar-refractivity contribution is 9.11. The Bertz CT molecular complexity index is 1130. The van der Waals surface area contributed by atoms with Crippen LogP contribution in [0.15, 0.2) is 69.6 Å². The van der Waals surface area contributed by atoms with Gasteiger partial charge in [-0.3, -0.25) is 4.79 Å². The number of hydrogen-bond acceptors (Lipinski definition) is 4. The van der Waals surface area contributed by atoms with Crippen molar-refractivity contribution in [1.29, 1.82) is 0 Å². The van der Waals surface area contributed by atoms with E-state index in [0.29, 0.717) is 26.0 Å². The number of carboxylic acids is 1. The number of carboxylic acid groups (broad SMARTS) is 1. The van der Waals surface area contributed by atoms with Crippen LogP contribution in [0, 0.1) is 0 Å². The first kappa shape index (κ1) is 23.8. The lowest BCUT2D eigenvalue weighted by Crippen LogP contribution is -2.33. The van der Waals surface area contributed by atoms with Gasteiger partial charge in [-0.05, 0) is 73.7 Å². The van der Waals surface area contributed by atoms with Crippen LogP contribution >= 0.6 is 31.9 Å². The maximum atomic E-state index is 12.8. The lowest BCUT2D eigenvalue weighted by Gasteiger charge is -2.17. The zero-order valence-corrected chi connectivity index (χ0v) is 20.5. The molecule has 3 aromatic carbocycles. The smallest absolute Gasteiger partial charge is 0.330 e. The van der Waals surface area contributed by atoms with E-state index < -0.39 is 17.9 Å². The summed E-state index contributed by atoms with van der Waals surface area (Å²) in [7, 11) is 0. The molecule has 166 valence electrons. The second kappa shape index (κ2) is 10.2. The van der Waals surface area contributed by atoms with Gasteiger partial charge in [0.15, 0.2) is 11.8 Å². The number of ether oxygens (including phenoxy) is 1. The van der Waals surface area contributed by atoms with Crippen LogP contribution in [0.25, 0.3) is 0 Å². The fourth-order valence-electron chi connectivity index (χ4n) is 3.11. The van der Waals surface area contributed by atoms with Crippen molar-refractivity contribution in [2.24, 2.45) is 0 Å². The molecule has 0 heterocycles. The van der Waals surface area contributed by atoms with E-state index in [0.717, 1.165) is 5.56 Å². The van der Waals surface area contributed by atoms with Gasteiger partial charge in [-0.25, -0.2) is 4.79 Å². The minimum atomic E-state index is -1.18. The number of phenols is 1. The van der Waals surface area contributed by atoms with E-state index in [1.807, 2.05) is 13.8 Å². The van der Waals surface area contributed by atoms with Crippen molar-refractivity contribution in [3.05, 3.63) is 86.3 Å². The van der Waals surface area contributed by atoms with E-state index in [4.69, 9.17) is 4.74 Å². The van der Waals surface area contributed by atoms with Crippen molar-refractivity contribution in [3.63, 3.8) is 0 Å². The SMILES string of the molecule is CC(C)c1cc(Oc2c(Br)cc(C(=O)N[C@@H](C(=O)O)c3ccccc3)cc2Br)ccc1O. The molecule has 0 radical (unpaired) electrons. The molecule has 1 atom stereocenters. The number of aromatic hydroxyl groups is 1. The third-order valence-corrected chi connectivity index (χ3v) is 5.93. The number of halogens is 2. The Labute approximate surface area is 202 Å². The van der Waals surface area contributed by atoms with Gasteiger partial charge >= 0.3 is 5.97 Å². The summed E-state index contributed by atoms with van der Waals surface area (Å²) in [5.74, 6) is -0.413. The van der Waals surface area contributed by atoms with Crippen molar-refractivity contribution >= 4 is 43.7 Å². The van der Waals surface area contributed by atoms with Crippen LogP contribution in [0.3, 0.4) is 0 Å². The van der Waals surface area contributed by atoms with Crippen molar-refractivity contribution in [3.8, 4) is 17.2 Å². The second-order valence-corrected chi connectivity index (χ2v) is 9.11.